The lowest BCUT2D eigenvalue weighted by Crippen LogP contribution is -2.39. The monoisotopic (exact) mass is 280 g/mol. The smallest absolute Gasteiger partial charge is 0.138 e. The molecule has 1 aromatic rings. The summed E-state index contributed by atoms with van der Waals surface area (Å²) < 4.78 is 5.62. The van der Waals surface area contributed by atoms with E-state index >= 15 is 0 Å². The Balaban J connectivity index is 2.71. The van der Waals surface area contributed by atoms with Crippen molar-refractivity contribution in [1.29, 1.82) is 0 Å². The van der Waals surface area contributed by atoms with Gasteiger partial charge in [-0.3, -0.25) is 4.98 Å². The van der Waals surface area contributed by atoms with Crippen LogP contribution in [0, 0.1) is 0 Å². The van der Waals surface area contributed by atoms with Crippen LogP contribution in [0.2, 0.25) is 0 Å². The van der Waals surface area contributed by atoms with Gasteiger partial charge >= 0.3 is 0 Å². The minimum Gasteiger partial charge on any atom is -0.489 e. The number of nitrogens with zero attached hydrogens (tertiary/aromatic N) is 1. The average molecular weight is 280 g/mol. The molecule has 1 heterocycles. The molecule has 4 heteroatoms. The van der Waals surface area contributed by atoms with E-state index in [0.717, 1.165) is 12.1 Å². The summed E-state index contributed by atoms with van der Waals surface area (Å²) in [5.74, 6) is 0.696. The third-order valence-corrected chi connectivity index (χ3v) is 2.97. The van der Waals surface area contributed by atoms with E-state index in [-0.39, 0.29) is 11.6 Å². The van der Waals surface area contributed by atoms with Gasteiger partial charge in [0.1, 0.15) is 5.75 Å². The van der Waals surface area contributed by atoms with Gasteiger partial charge in [-0.05, 0) is 60.6 Å². The SMILES string of the molecule is CC(C)Oc1cncc(C(C)(O)CCNC(C)(C)C)c1. The highest BCUT2D eigenvalue weighted by Crippen LogP contribution is 2.26. The molecule has 0 spiro atoms. The van der Waals surface area contributed by atoms with E-state index in [1.54, 1.807) is 12.4 Å². The van der Waals surface area contributed by atoms with Crippen LogP contribution in [0.25, 0.3) is 0 Å². The van der Waals surface area contributed by atoms with Gasteiger partial charge in [-0.2, -0.15) is 0 Å². The highest BCUT2D eigenvalue weighted by atomic mass is 16.5. The van der Waals surface area contributed by atoms with Gasteiger partial charge < -0.3 is 15.2 Å². The molecule has 0 saturated heterocycles. The van der Waals surface area contributed by atoms with E-state index in [2.05, 4.69) is 31.1 Å². The Morgan fingerprint density at radius 2 is 1.90 bits per heavy atom. The number of rotatable bonds is 6. The second kappa shape index (κ2) is 6.55. The Kier molecular flexibility index (Phi) is 5.54. The summed E-state index contributed by atoms with van der Waals surface area (Å²) in [4.78, 5) is 4.16. The van der Waals surface area contributed by atoms with Crippen LogP contribution in [0.1, 0.15) is 53.5 Å². The van der Waals surface area contributed by atoms with Gasteiger partial charge in [0.2, 0.25) is 0 Å². The minimum atomic E-state index is -0.915. The van der Waals surface area contributed by atoms with Crippen LogP contribution in [-0.2, 0) is 5.60 Å². The Morgan fingerprint density at radius 3 is 2.45 bits per heavy atom. The van der Waals surface area contributed by atoms with Gasteiger partial charge in [-0.1, -0.05) is 0 Å². The van der Waals surface area contributed by atoms with E-state index in [1.165, 1.54) is 0 Å². The van der Waals surface area contributed by atoms with E-state index in [4.69, 9.17) is 4.74 Å². The first kappa shape index (κ1) is 16.9. The predicted octanol–water partition coefficient (Wildman–Crippen LogP) is 2.85. The van der Waals surface area contributed by atoms with Gasteiger partial charge in [-0.25, -0.2) is 0 Å². The number of hydrogen-bond acceptors (Lipinski definition) is 4. The quantitative estimate of drug-likeness (QED) is 0.841. The third-order valence-electron chi connectivity index (χ3n) is 2.97. The molecule has 0 aromatic carbocycles. The summed E-state index contributed by atoms with van der Waals surface area (Å²) in [6.45, 7) is 12.8. The van der Waals surface area contributed by atoms with Crippen molar-refractivity contribution in [3.05, 3.63) is 24.0 Å². The number of pyridine rings is 1. The molecule has 0 saturated carbocycles. The fourth-order valence-electron chi connectivity index (χ4n) is 1.88. The molecule has 0 aliphatic heterocycles. The number of aliphatic hydroxyl groups is 1. The molecule has 0 fully saturated rings. The van der Waals surface area contributed by atoms with Crippen molar-refractivity contribution >= 4 is 0 Å². The van der Waals surface area contributed by atoms with Crippen molar-refractivity contribution < 1.29 is 9.84 Å². The minimum absolute atomic E-state index is 0.0525. The largest absolute Gasteiger partial charge is 0.489 e. The fourth-order valence-corrected chi connectivity index (χ4v) is 1.88. The van der Waals surface area contributed by atoms with E-state index < -0.39 is 5.60 Å². The maximum Gasteiger partial charge on any atom is 0.138 e. The van der Waals surface area contributed by atoms with Crippen LogP contribution in [-0.4, -0.2) is 28.3 Å². The molecule has 1 unspecified atom stereocenters. The molecule has 1 atom stereocenters. The van der Waals surface area contributed by atoms with Crippen molar-refractivity contribution in [2.45, 2.75) is 65.2 Å². The van der Waals surface area contributed by atoms with Crippen molar-refractivity contribution in [2.24, 2.45) is 0 Å². The van der Waals surface area contributed by atoms with Crippen molar-refractivity contribution in [1.82, 2.24) is 10.3 Å². The summed E-state index contributed by atoms with van der Waals surface area (Å²) in [7, 11) is 0. The molecule has 1 aromatic heterocycles. The van der Waals surface area contributed by atoms with E-state index in [0.29, 0.717) is 12.2 Å². The Bertz CT molecular complexity index is 423. The molecule has 0 aliphatic carbocycles. The van der Waals surface area contributed by atoms with Gasteiger partial charge in [0.05, 0.1) is 17.9 Å². The van der Waals surface area contributed by atoms with Gasteiger partial charge in [0, 0.05) is 17.3 Å². The summed E-state index contributed by atoms with van der Waals surface area (Å²) in [5, 5.41) is 14.0. The summed E-state index contributed by atoms with van der Waals surface area (Å²) in [6, 6.07) is 1.87. The molecule has 114 valence electrons. The highest BCUT2D eigenvalue weighted by Gasteiger charge is 2.24. The zero-order valence-electron chi connectivity index (χ0n) is 13.5. The molecule has 0 bridgehead atoms. The van der Waals surface area contributed by atoms with E-state index in [1.807, 2.05) is 26.8 Å². The first-order valence-electron chi connectivity index (χ1n) is 7.20. The fraction of sp³-hybridized carbons (Fsp3) is 0.688. The molecular formula is C16H28N2O2. The third kappa shape index (κ3) is 5.88. The van der Waals surface area contributed by atoms with Crippen LogP contribution >= 0.6 is 0 Å². The Hall–Kier alpha value is -1.13. The standard InChI is InChI=1S/C16H28N2O2/c1-12(2)20-14-9-13(10-17-11-14)16(6,19)7-8-18-15(3,4)5/h9-12,18-19H,7-8H2,1-6H3. The van der Waals surface area contributed by atoms with Crippen molar-refractivity contribution in [3.8, 4) is 5.75 Å². The van der Waals surface area contributed by atoms with Crippen LogP contribution < -0.4 is 10.1 Å². The Morgan fingerprint density at radius 1 is 1.25 bits per heavy atom. The average Bonchev–Trinajstić information content (AvgIpc) is 2.26. The molecule has 0 amide bonds. The van der Waals surface area contributed by atoms with E-state index in [9.17, 15) is 5.11 Å². The number of nitrogens with one attached hydrogen (secondary N) is 1. The molecule has 1 rings (SSSR count). The Labute approximate surface area is 122 Å². The number of hydrogen-bond donors (Lipinski definition) is 2. The predicted molar refractivity (Wildman–Crippen MR) is 81.9 cm³/mol. The summed E-state index contributed by atoms with van der Waals surface area (Å²) in [6.07, 6.45) is 4.09. The van der Waals surface area contributed by atoms with Crippen LogP contribution in [0.3, 0.4) is 0 Å². The number of aromatic nitrogens is 1. The summed E-state index contributed by atoms with van der Waals surface area (Å²) in [5.41, 5.74) is -0.0789. The van der Waals surface area contributed by atoms with Crippen LogP contribution in [0.15, 0.2) is 18.5 Å². The number of ether oxygens (including phenoxy) is 1. The topological polar surface area (TPSA) is 54.4 Å². The molecular weight excluding hydrogens is 252 g/mol. The van der Waals surface area contributed by atoms with Gasteiger partial charge in [0.15, 0.2) is 0 Å². The molecule has 0 radical (unpaired) electrons. The second-order valence-corrected chi connectivity index (χ2v) is 6.78. The second-order valence-electron chi connectivity index (χ2n) is 6.78. The normalized spacial score (nSPS) is 15.2. The molecule has 20 heavy (non-hydrogen) atoms. The van der Waals surface area contributed by atoms with Crippen molar-refractivity contribution in [2.75, 3.05) is 6.54 Å². The van der Waals surface area contributed by atoms with Crippen LogP contribution in [0.4, 0.5) is 0 Å². The first-order chi connectivity index (χ1) is 9.10. The maximum absolute atomic E-state index is 10.6. The van der Waals surface area contributed by atoms with Crippen molar-refractivity contribution in [3.63, 3.8) is 0 Å². The molecule has 0 aliphatic rings. The lowest BCUT2D eigenvalue weighted by Gasteiger charge is -2.27. The van der Waals surface area contributed by atoms with Gasteiger partial charge in [0.25, 0.3) is 0 Å². The van der Waals surface area contributed by atoms with Gasteiger partial charge in [-0.15, -0.1) is 0 Å². The highest BCUT2D eigenvalue weighted by molar-refractivity contribution is 5.27. The zero-order chi connectivity index (χ0) is 15.4. The lowest BCUT2D eigenvalue weighted by molar-refractivity contribution is 0.0456. The molecule has 2 N–H and O–H groups in total. The first-order valence-corrected chi connectivity index (χ1v) is 7.20. The summed E-state index contributed by atoms with van der Waals surface area (Å²) >= 11 is 0. The maximum atomic E-state index is 10.6. The molecule has 4 nitrogen and oxygen atoms in total. The van der Waals surface area contributed by atoms with Crippen LogP contribution in [0.5, 0.6) is 5.75 Å². The zero-order valence-corrected chi connectivity index (χ0v) is 13.5. The lowest BCUT2D eigenvalue weighted by atomic mass is 9.93.